The van der Waals surface area contributed by atoms with E-state index >= 15 is 0 Å². The second kappa shape index (κ2) is 12.9. The van der Waals surface area contributed by atoms with E-state index in [0.29, 0.717) is 18.0 Å². The smallest absolute Gasteiger partial charge is 0.264 e. The van der Waals surface area contributed by atoms with Gasteiger partial charge in [0.25, 0.3) is 10.0 Å². The molecule has 38 heavy (non-hydrogen) atoms. The molecule has 0 saturated heterocycles. The van der Waals surface area contributed by atoms with Crippen molar-refractivity contribution in [1.29, 1.82) is 0 Å². The van der Waals surface area contributed by atoms with Crippen LogP contribution in [0.5, 0.6) is 5.75 Å². The Hall–Kier alpha value is -3.37. The molecule has 0 unspecified atom stereocenters. The number of sulfonamides is 1. The van der Waals surface area contributed by atoms with Crippen LogP contribution in [0.3, 0.4) is 0 Å². The number of benzene rings is 3. The summed E-state index contributed by atoms with van der Waals surface area (Å²) in [5, 5.41) is 2.57. The highest BCUT2D eigenvalue weighted by Gasteiger charge is 2.32. The molecule has 0 saturated carbocycles. The molecule has 3 rings (SSSR count). The highest BCUT2D eigenvalue weighted by atomic mass is 79.9. The molecule has 3 aromatic carbocycles. The van der Waals surface area contributed by atoms with E-state index in [9.17, 15) is 18.0 Å². The van der Waals surface area contributed by atoms with Crippen LogP contribution in [0.15, 0.2) is 82.2 Å². The number of nitrogens with one attached hydrogen (secondary N) is 1. The average molecular weight is 603 g/mol. The van der Waals surface area contributed by atoms with Crippen molar-refractivity contribution < 1.29 is 22.7 Å². The summed E-state index contributed by atoms with van der Waals surface area (Å²) in [7, 11) is -2.62. The Kier molecular flexibility index (Phi) is 9.93. The number of carbonyl (C=O) groups excluding carboxylic acids is 2. The second-order valence-electron chi connectivity index (χ2n) is 8.69. The first-order chi connectivity index (χ1) is 18.1. The fraction of sp³-hybridized carbons (Fsp3) is 0.286. The summed E-state index contributed by atoms with van der Waals surface area (Å²) in [4.78, 5) is 27.8. The van der Waals surface area contributed by atoms with Crippen molar-refractivity contribution in [1.82, 2.24) is 10.2 Å². The van der Waals surface area contributed by atoms with Crippen molar-refractivity contribution >= 4 is 43.5 Å². The molecule has 0 radical (unpaired) electrons. The number of carbonyl (C=O) groups is 2. The van der Waals surface area contributed by atoms with Gasteiger partial charge in [-0.25, -0.2) is 8.42 Å². The molecule has 3 aromatic rings. The molecule has 1 atom stereocenters. The number of rotatable bonds is 11. The summed E-state index contributed by atoms with van der Waals surface area (Å²) in [6, 6.07) is 19.5. The summed E-state index contributed by atoms with van der Waals surface area (Å²) in [5.41, 5.74) is 2.00. The Morgan fingerprint density at radius 3 is 2.26 bits per heavy atom. The van der Waals surface area contributed by atoms with Crippen LogP contribution in [0.2, 0.25) is 0 Å². The van der Waals surface area contributed by atoms with Crippen molar-refractivity contribution in [2.75, 3.05) is 24.5 Å². The minimum Gasteiger partial charge on any atom is -0.494 e. The Morgan fingerprint density at radius 2 is 1.68 bits per heavy atom. The Balaban J connectivity index is 2.03. The summed E-state index contributed by atoms with van der Waals surface area (Å²) in [5.74, 6) is -0.298. The lowest BCUT2D eigenvalue weighted by Crippen LogP contribution is -2.50. The molecule has 10 heteroatoms. The number of hydrogen-bond acceptors (Lipinski definition) is 5. The summed E-state index contributed by atoms with van der Waals surface area (Å²) in [6.07, 6.45) is 0. The van der Waals surface area contributed by atoms with E-state index in [-0.39, 0.29) is 17.3 Å². The molecule has 202 valence electrons. The normalized spacial score (nSPS) is 11.9. The third-order valence-electron chi connectivity index (χ3n) is 5.98. The Bertz CT molecular complexity index is 1360. The van der Waals surface area contributed by atoms with Crippen molar-refractivity contribution in [2.24, 2.45) is 0 Å². The zero-order chi connectivity index (χ0) is 27.9. The van der Waals surface area contributed by atoms with Gasteiger partial charge in [0.15, 0.2) is 0 Å². The van der Waals surface area contributed by atoms with E-state index in [4.69, 9.17) is 4.74 Å². The van der Waals surface area contributed by atoms with Gasteiger partial charge in [-0.3, -0.25) is 13.9 Å². The van der Waals surface area contributed by atoms with Gasteiger partial charge in [0, 0.05) is 18.1 Å². The van der Waals surface area contributed by atoms with E-state index in [0.717, 1.165) is 19.9 Å². The number of hydrogen-bond donors (Lipinski definition) is 1. The summed E-state index contributed by atoms with van der Waals surface area (Å²) >= 11 is 3.43. The molecule has 0 aliphatic rings. The van der Waals surface area contributed by atoms with Crippen molar-refractivity contribution in [2.45, 2.75) is 38.3 Å². The summed E-state index contributed by atoms with van der Waals surface area (Å²) in [6.45, 7) is 5.42. The molecule has 0 spiro atoms. The van der Waals surface area contributed by atoms with Gasteiger partial charge in [0.2, 0.25) is 11.8 Å². The third-order valence-corrected chi connectivity index (χ3v) is 8.26. The monoisotopic (exact) mass is 601 g/mol. The van der Waals surface area contributed by atoms with Gasteiger partial charge in [-0.1, -0.05) is 45.8 Å². The number of aryl methyl sites for hydroxylation is 1. The van der Waals surface area contributed by atoms with Crippen LogP contribution in [0.4, 0.5) is 5.69 Å². The van der Waals surface area contributed by atoms with E-state index in [2.05, 4.69) is 21.2 Å². The standard InChI is InChI=1S/C28H32BrN3O5S/c1-5-37-25-13-11-24(12-14-25)32(38(35,36)26-15-9-20(2)10-16-26)19-27(33)31(21(3)28(34)30-4)18-22-7-6-8-23(29)17-22/h6-17,21H,5,18-19H2,1-4H3,(H,30,34)/t21-/m0/s1. The van der Waals surface area contributed by atoms with Crippen LogP contribution in [-0.4, -0.2) is 51.4 Å². The number of ether oxygens (including phenoxy) is 1. The lowest BCUT2D eigenvalue weighted by atomic mass is 10.1. The molecule has 0 aliphatic heterocycles. The fourth-order valence-corrected chi connectivity index (χ4v) is 5.73. The van der Waals surface area contributed by atoms with Gasteiger partial charge in [-0.05, 0) is 74.9 Å². The first kappa shape index (κ1) is 29.2. The molecule has 8 nitrogen and oxygen atoms in total. The number of amides is 2. The predicted octanol–water partition coefficient (Wildman–Crippen LogP) is 4.51. The number of nitrogens with zero attached hydrogens (tertiary/aromatic N) is 2. The van der Waals surface area contributed by atoms with Gasteiger partial charge in [0.1, 0.15) is 18.3 Å². The van der Waals surface area contributed by atoms with Crippen LogP contribution >= 0.6 is 15.9 Å². The average Bonchev–Trinajstić information content (AvgIpc) is 2.90. The van der Waals surface area contributed by atoms with Gasteiger partial charge in [-0.2, -0.15) is 0 Å². The Labute approximate surface area is 232 Å². The lowest BCUT2D eigenvalue weighted by molar-refractivity contribution is -0.139. The number of halogens is 1. The molecule has 0 aliphatic carbocycles. The number of anilines is 1. The van der Waals surface area contributed by atoms with Gasteiger partial charge >= 0.3 is 0 Å². The molecule has 0 aromatic heterocycles. The molecule has 2 amide bonds. The molecule has 0 fully saturated rings. The lowest BCUT2D eigenvalue weighted by Gasteiger charge is -2.31. The highest BCUT2D eigenvalue weighted by Crippen LogP contribution is 2.27. The van der Waals surface area contributed by atoms with Crippen molar-refractivity contribution in [3.63, 3.8) is 0 Å². The first-order valence-electron chi connectivity index (χ1n) is 12.1. The maximum Gasteiger partial charge on any atom is 0.264 e. The van der Waals surface area contributed by atoms with Crippen LogP contribution in [0.1, 0.15) is 25.0 Å². The quantitative estimate of drug-likeness (QED) is 0.349. The molecular weight excluding hydrogens is 570 g/mol. The van der Waals surface area contributed by atoms with Gasteiger partial charge in [-0.15, -0.1) is 0 Å². The molecule has 1 N–H and O–H groups in total. The van der Waals surface area contributed by atoms with E-state index in [1.54, 1.807) is 43.3 Å². The van der Waals surface area contributed by atoms with Crippen LogP contribution in [0, 0.1) is 6.92 Å². The van der Waals surface area contributed by atoms with Gasteiger partial charge in [0.05, 0.1) is 17.2 Å². The molecular formula is C28H32BrN3O5S. The molecule has 0 bridgehead atoms. The van der Waals surface area contributed by atoms with Crippen molar-refractivity contribution in [3.05, 3.63) is 88.4 Å². The van der Waals surface area contributed by atoms with E-state index in [1.807, 2.05) is 38.1 Å². The Morgan fingerprint density at radius 1 is 1.03 bits per heavy atom. The van der Waals surface area contributed by atoms with E-state index in [1.165, 1.54) is 24.1 Å². The van der Waals surface area contributed by atoms with E-state index < -0.39 is 28.5 Å². The zero-order valence-corrected chi connectivity index (χ0v) is 24.3. The topological polar surface area (TPSA) is 96.0 Å². The second-order valence-corrected chi connectivity index (χ2v) is 11.5. The largest absolute Gasteiger partial charge is 0.494 e. The minimum absolute atomic E-state index is 0.0580. The van der Waals surface area contributed by atoms with Crippen LogP contribution in [0.25, 0.3) is 0 Å². The van der Waals surface area contributed by atoms with Crippen LogP contribution < -0.4 is 14.4 Å². The minimum atomic E-state index is -4.12. The maximum absolute atomic E-state index is 13.8. The third kappa shape index (κ3) is 7.14. The first-order valence-corrected chi connectivity index (χ1v) is 14.4. The summed E-state index contributed by atoms with van der Waals surface area (Å²) < 4.78 is 35.0. The maximum atomic E-state index is 13.8. The highest BCUT2D eigenvalue weighted by molar-refractivity contribution is 9.10. The SMILES string of the molecule is CCOc1ccc(N(CC(=O)N(Cc2cccc(Br)c2)[C@@H](C)C(=O)NC)S(=O)(=O)c2ccc(C)cc2)cc1. The van der Waals surface area contributed by atoms with Crippen LogP contribution in [-0.2, 0) is 26.2 Å². The molecule has 0 heterocycles. The predicted molar refractivity (Wildman–Crippen MR) is 152 cm³/mol. The van der Waals surface area contributed by atoms with Crippen molar-refractivity contribution in [3.8, 4) is 5.75 Å². The van der Waals surface area contributed by atoms with Gasteiger partial charge < -0.3 is 15.0 Å². The number of likely N-dealkylation sites (N-methyl/N-ethyl adjacent to an activating group) is 1. The zero-order valence-electron chi connectivity index (χ0n) is 21.8. The fourth-order valence-electron chi connectivity index (χ4n) is 3.87.